The number of aromatic nitrogens is 3. The van der Waals surface area contributed by atoms with Crippen molar-refractivity contribution in [3.63, 3.8) is 0 Å². The van der Waals surface area contributed by atoms with E-state index in [9.17, 15) is 14.7 Å². The number of carbonyl (C=O) groups excluding carboxylic acids is 1. The SMILES string of the molecule is C=C(Nc1nccc(-c2cccnc2)n1)C(CO)C(=O)C(=O)O. The van der Waals surface area contributed by atoms with Gasteiger partial charge >= 0.3 is 5.97 Å². The summed E-state index contributed by atoms with van der Waals surface area (Å²) < 4.78 is 0. The van der Waals surface area contributed by atoms with Crippen molar-refractivity contribution >= 4 is 17.7 Å². The lowest BCUT2D eigenvalue weighted by Crippen LogP contribution is -2.30. The molecule has 0 aliphatic rings. The number of aliphatic carboxylic acids is 1. The van der Waals surface area contributed by atoms with Crippen LogP contribution < -0.4 is 5.32 Å². The normalized spacial score (nSPS) is 11.5. The predicted molar refractivity (Wildman–Crippen MR) is 81.2 cm³/mol. The summed E-state index contributed by atoms with van der Waals surface area (Å²) in [5, 5.41) is 20.6. The lowest BCUT2D eigenvalue weighted by Gasteiger charge is -2.15. The number of carboxylic acids is 1. The molecule has 0 fully saturated rings. The van der Waals surface area contributed by atoms with Crippen LogP contribution in [0.4, 0.5) is 5.95 Å². The summed E-state index contributed by atoms with van der Waals surface area (Å²) in [7, 11) is 0. The van der Waals surface area contributed by atoms with E-state index in [1.54, 1.807) is 24.5 Å². The van der Waals surface area contributed by atoms with Crippen molar-refractivity contribution in [3.8, 4) is 11.3 Å². The zero-order chi connectivity index (χ0) is 16.8. The molecular formula is C15H14N4O4. The molecule has 0 spiro atoms. The van der Waals surface area contributed by atoms with Gasteiger partial charge in [-0.3, -0.25) is 9.78 Å². The van der Waals surface area contributed by atoms with E-state index in [1.165, 1.54) is 6.20 Å². The maximum Gasteiger partial charge on any atom is 0.372 e. The highest BCUT2D eigenvalue weighted by Crippen LogP contribution is 2.18. The molecule has 0 aromatic carbocycles. The molecule has 8 heteroatoms. The number of ketones is 1. The molecule has 0 saturated heterocycles. The van der Waals surface area contributed by atoms with E-state index >= 15 is 0 Å². The van der Waals surface area contributed by atoms with Gasteiger partial charge in [-0.25, -0.2) is 14.8 Å². The number of carboxylic acid groups (broad SMARTS) is 1. The third-order valence-corrected chi connectivity index (χ3v) is 3.02. The lowest BCUT2D eigenvalue weighted by atomic mass is 10.0. The van der Waals surface area contributed by atoms with Crippen molar-refractivity contribution in [1.29, 1.82) is 0 Å². The Morgan fingerprint density at radius 2 is 2.09 bits per heavy atom. The average Bonchev–Trinajstić information content (AvgIpc) is 2.56. The van der Waals surface area contributed by atoms with Gasteiger partial charge in [0.05, 0.1) is 18.2 Å². The van der Waals surface area contributed by atoms with E-state index < -0.39 is 24.3 Å². The fraction of sp³-hybridized carbons (Fsp3) is 0.133. The third-order valence-electron chi connectivity index (χ3n) is 3.02. The third kappa shape index (κ3) is 3.95. The maximum absolute atomic E-state index is 11.5. The molecule has 118 valence electrons. The van der Waals surface area contributed by atoms with Crippen LogP contribution in [-0.4, -0.2) is 43.5 Å². The number of rotatable bonds is 7. The fourth-order valence-corrected chi connectivity index (χ4v) is 1.83. The molecule has 0 aliphatic heterocycles. The summed E-state index contributed by atoms with van der Waals surface area (Å²) in [5.74, 6) is -3.95. The molecule has 23 heavy (non-hydrogen) atoms. The first-order chi connectivity index (χ1) is 11.0. The molecule has 0 amide bonds. The standard InChI is InChI=1S/C15H14N4O4/c1-9(11(8-20)13(21)14(22)23)18-15-17-6-4-12(19-15)10-3-2-5-16-7-10/h2-7,11,20H,1,8H2,(H,22,23)(H,17,18,19). The van der Waals surface area contributed by atoms with Crippen molar-refractivity contribution in [2.24, 2.45) is 5.92 Å². The Balaban J connectivity index is 2.18. The minimum absolute atomic E-state index is 0.00300. The molecule has 2 aromatic rings. The molecule has 1 unspecified atom stereocenters. The Labute approximate surface area is 131 Å². The highest BCUT2D eigenvalue weighted by molar-refractivity contribution is 6.34. The maximum atomic E-state index is 11.5. The largest absolute Gasteiger partial charge is 0.475 e. The molecule has 3 N–H and O–H groups in total. The number of hydrogen-bond acceptors (Lipinski definition) is 7. The molecule has 2 aromatic heterocycles. The zero-order valence-electron chi connectivity index (χ0n) is 12.0. The van der Waals surface area contributed by atoms with E-state index in [-0.39, 0.29) is 11.6 Å². The van der Waals surface area contributed by atoms with E-state index in [0.717, 1.165) is 5.56 Å². The van der Waals surface area contributed by atoms with Crippen LogP contribution in [0.25, 0.3) is 11.3 Å². The molecule has 1 atom stereocenters. The highest BCUT2D eigenvalue weighted by atomic mass is 16.4. The van der Waals surface area contributed by atoms with Gasteiger partial charge in [0.15, 0.2) is 0 Å². The van der Waals surface area contributed by atoms with Crippen LogP contribution in [0.3, 0.4) is 0 Å². The lowest BCUT2D eigenvalue weighted by molar-refractivity contribution is -0.151. The second kappa shape index (κ2) is 7.23. The summed E-state index contributed by atoms with van der Waals surface area (Å²) >= 11 is 0. The number of nitrogens with zero attached hydrogens (tertiary/aromatic N) is 3. The Kier molecular flexibility index (Phi) is 5.11. The first-order valence-electron chi connectivity index (χ1n) is 6.60. The molecule has 2 heterocycles. The minimum Gasteiger partial charge on any atom is -0.475 e. The number of anilines is 1. The second-order valence-corrected chi connectivity index (χ2v) is 4.56. The van der Waals surface area contributed by atoms with Gasteiger partial charge in [-0.1, -0.05) is 6.58 Å². The first-order valence-corrected chi connectivity index (χ1v) is 6.60. The van der Waals surface area contributed by atoms with Crippen LogP contribution in [0.2, 0.25) is 0 Å². The quantitative estimate of drug-likeness (QED) is 0.639. The summed E-state index contributed by atoms with van der Waals surface area (Å²) in [6.45, 7) is 2.90. The van der Waals surface area contributed by atoms with Gasteiger partial charge < -0.3 is 15.5 Å². The number of Topliss-reactive ketones (excluding diaryl/α,β-unsaturated/α-hetero) is 1. The monoisotopic (exact) mass is 314 g/mol. The van der Waals surface area contributed by atoms with Crippen LogP contribution >= 0.6 is 0 Å². The minimum atomic E-state index is -1.64. The molecule has 0 bridgehead atoms. The molecule has 2 rings (SSSR count). The van der Waals surface area contributed by atoms with Crippen molar-refractivity contribution in [2.45, 2.75) is 0 Å². The molecule has 0 saturated carbocycles. The summed E-state index contributed by atoms with van der Waals surface area (Å²) in [6.07, 6.45) is 4.76. The van der Waals surface area contributed by atoms with Gasteiger partial charge in [0.25, 0.3) is 5.78 Å². The number of carbonyl (C=O) groups is 2. The van der Waals surface area contributed by atoms with Gasteiger partial charge in [-0.15, -0.1) is 0 Å². The smallest absolute Gasteiger partial charge is 0.372 e. The Bertz CT molecular complexity index is 733. The number of aliphatic hydroxyl groups excluding tert-OH is 1. The van der Waals surface area contributed by atoms with E-state index in [1.807, 2.05) is 6.07 Å². The zero-order valence-corrected chi connectivity index (χ0v) is 12.0. The number of aliphatic hydroxyl groups is 1. The van der Waals surface area contributed by atoms with Gasteiger partial charge in [0.2, 0.25) is 5.95 Å². The van der Waals surface area contributed by atoms with Crippen molar-refractivity contribution < 1.29 is 19.8 Å². The van der Waals surface area contributed by atoms with Crippen LogP contribution in [-0.2, 0) is 9.59 Å². The first kappa shape index (κ1) is 16.2. The van der Waals surface area contributed by atoms with Crippen molar-refractivity contribution in [2.75, 3.05) is 11.9 Å². The topological polar surface area (TPSA) is 125 Å². The summed E-state index contributed by atoms with van der Waals surface area (Å²) in [4.78, 5) is 34.4. The van der Waals surface area contributed by atoms with Crippen LogP contribution in [0, 0.1) is 5.92 Å². The number of nitrogens with one attached hydrogen (secondary N) is 1. The number of hydrogen-bond donors (Lipinski definition) is 3. The van der Waals surface area contributed by atoms with Gasteiger partial charge in [0, 0.05) is 29.9 Å². The summed E-state index contributed by atoms with van der Waals surface area (Å²) in [5.41, 5.74) is 1.36. The van der Waals surface area contributed by atoms with E-state index in [4.69, 9.17) is 5.11 Å². The molecule has 0 aliphatic carbocycles. The highest BCUT2D eigenvalue weighted by Gasteiger charge is 2.27. The van der Waals surface area contributed by atoms with Crippen LogP contribution in [0.15, 0.2) is 49.1 Å². The number of pyridine rings is 1. The van der Waals surface area contributed by atoms with Crippen molar-refractivity contribution in [3.05, 3.63) is 49.1 Å². The Morgan fingerprint density at radius 1 is 1.30 bits per heavy atom. The van der Waals surface area contributed by atoms with Crippen molar-refractivity contribution in [1.82, 2.24) is 15.0 Å². The summed E-state index contributed by atoms with van der Waals surface area (Å²) in [6, 6.07) is 5.26. The van der Waals surface area contributed by atoms with Crippen LogP contribution in [0.5, 0.6) is 0 Å². The fourth-order valence-electron chi connectivity index (χ4n) is 1.83. The van der Waals surface area contributed by atoms with E-state index in [2.05, 4.69) is 26.8 Å². The van der Waals surface area contributed by atoms with Gasteiger partial charge in [0.1, 0.15) is 0 Å². The Hall–Kier alpha value is -3.13. The molecule has 8 nitrogen and oxygen atoms in total. The molecule has 0 radical (unpaired) electrons. The second-order valence-electron chi connectivity index (χ2n) is 4.56. The van der Waals surface area contributed by atoms with Gasteiger partial charge in [-0.2, -0.15) is 0 Å². The Morgan fingerprint density at radius 3 is 2.70 bits per heavy atom. The van der Waals surface area contributed by atoms with Gasteiger partial charge in [-0.05, 0) is 18.2 Å². The molecular weight excluding hydrogens is 300 g/mol. The van der Waals surface area contributed by atoms with Crippen LogP contribution in [0.1, 0.15) is 0 Å². The predicted octanol–water partition coefficient (Wildman–Crippen LogP) is 0.726. The average molecular weight is 314 g/mol. The van der Waals surface area contributed by atoms with E-state index in [0.29, 0.717) is 5.69 Å².